The molecule has 4 aliphatic heterocycles. The van der Waals surface area contributed by atoms with E-state index >= 15 is 0 Å². The standard InChI is InChI=1S/C16H26N2O/c1-4-5-12-8-17-16(2,3)7-13(12)9-18-10-14-6-15(11-18)19-14/h5,12-15,17H,1,6-11H2,2-3H3. The van der Waals surface area contributed by atoms with E-state index in [9.17, 15) is 0 Å². The van der Waals surface area contributed by atoms with Crippen LogP contribution in [0.3, 0.4) is 0 Å². The third-order valence-corrected chi connectivity index (χ3v) is 4.85. The number of fused-ring (bicyclic) bond motifs is 2. The van der Waals surface area contributed by atoms with Crippen LogP contribution in [0.25, 0.3) is 0 Å². The SMILES string of the molecule is C=C=CC1CNC(C)(C)CC1CN1CC2CC(C1)O2. The fraction of sp³-hybridized carbons (Fsp3) is 0.812. The van der Waals surface area contributed by atoms with Gasteiger partial charge in [0, 0.05) is 44.1 Å². The minimum atomic E-state index is 0.255. The number of hydrogen-bond acceptors (Lipinski definition) is 3. The van der Waals surface area contributed by atoms with Crippen LogP contribution in [-0.4, -0.2) is 48.8 Å². The van der Waals surface area contributed by atoms with Gasteiger partial charge in [-0.25, -0.2) is 0 Å². The quantitative estimate of drug-likeness (QED) is 0.785. The second-order valence-corrected chi connectivity index (χ2v) is 7.10. The van der Waals surface area contributed by atoms with E-state index in [1.165, 1.54) is 19.4 Å². The largest absolute Gasteiger partial charge is 0.372 e. The van der Waals surface area contributed by atoms with Crippen molar-refractivity contribution in [3.63, 3.8) is 0 Å². The van der Waals surface area contributed by atoms with Crippen LogP contribution in [0.4, 0.5) is 0 Å². The zero-order valence-corrected chi connectivity index (χ0v) is 12.2. The van der Waals surface area contributed by atoms with Crippen molar-refractivity contribution in [2.75, 3.05) is 26.2 Å². The normalized spacial score (nSPS) is 41.2. The van der Waals surface area contributed by atoms with Gasteiger partial charge in [0.15, 0.2) is 0 Å². The van der Waals surface area contributed by atoms with Crippen molar-refractivity contribution in [2.45, 2.75) is 44.4 Å². The van der Waals surface area contributed by atoms with Crippen LogP contribution in [0.1, 0.15) is 26.7 Å². The number of nitrogens with zero attached hydrogens (tertiary/aromatic N) is 1. The average molecular weight is 262 g/mol. The van der Waals surface area contributed by atoms with Crippen molar-refractivity contribution < 1.29 is 4.74 Å². The van der Waals surface area contributed by atoms with E-state index in [1.54, 1.807) is 0 Å². The topological polar surface area (TPSA) is 24.5 Å². The third-order valence-electron chi connectivity index (χ3n) is 4.85. The van der Waals surface area contributed by atoms with E-state index in [0.29, 0.717) is 24.0 Å². The van der Waals surface area contributed by atoms with Gasteiger partial charge in [0.25, 0.3) is 0 Å². The number of nitrogens with one attached hydrogen (secondary N) is 1. The van der Waals surface area contributed by atoms with Crippen LogP contribution >= 0.6 is 0 Å². The number of rotatable bonds is 3. The summed E-state index contributed by atoms with van der Waals surface area (Å²) >= 11 is 0. The first-order chi connectivity index (χ1) is 9.05. The Balaban J connectivity index is 1.63. The zero-order valence-electron chi connectivity index (χ0n) is 12.2. The summed E-state index contributed by atoms with van der Waals surface area (Å²) in [7, 11) is 0. The van der Waals surface area contributed by atoms with E-state index in [0.717, 1.165) is 19.6 Å². The molecule has 0 aromatic heterocycles. The molecule has 0 saturated carbocycles. The number of ether oxygens (including phenoxy) is 1. The molecule has 3 nitrogen and oxygen atoms in total. The fourth-order valence-electron chi connectivity index (χ4n) is 3.91. The number of hydrogen-bond donors (Lipinski definition) is 1. The maximum atomic E-state index is 5.73. The van der Waals surface area contributed by atoms with Crippen LogP contribution in [0, 0.1) is 11.8 Å². The lowest BCUT2D eigenvalue weighted by atomic mass is 9.77. The summed E-state index contributed by atoms with van der Waals surface area (Å²) in [6, 6.07) is 0. The van der Waals surface area contributed by atoms with Crippen molar-refractivity contribution in [1.29, 1.82) is 0 Å². The summed E-state index contributed by atoms with van der Waals surface area (Å²) in [6.07, 6.45) is 5.70. The third kappa shape index (κ3) is 2.95. The van der Waals surface area contributed by atoms with Crippen LogP contribution < -0.4 is 5.32 Å². The van der Waals surface area contributed by atoms with Crippen molar-refractivity contribution in [3.05, 3.63) is 18.4 Å². The van der Waals surface area contributed by atoms with Crippen LogP contribution in [0.2, 0.25) is 0 Å². The van der Waals surface area contributed by atoms with Gasteiger partial charge in [-0.05, 0) is 32.3 Å². The lowest BCUT2D eigenvalue weighted by molar-refractivity contribution is -0.183. The Labute approximate surface area is 116 Å². The van der Waals surface area contributed by atoms with Gasteiger partial charge in [-0.1, -0.05) is 6.58 Å². The predicted octanol–water partition coefficient (Wildman–Crippen LogP) is 1.80. The van der Waals surface area contributed by atoms with E-state index in [2.05, 4.69) is 42.5 Å². The van der Waals surface area contributed by atoms with Crippen LogP contribution in [-0.2, 0) is 4.74 Å². The minimum absolute atomic E-state index is 0.255. The van der Waals surface area contributed by atoms with E-state index in [1.807, 2.05) is 0 Å². The highest BCUT2D eigenvalue weighted by Crippen LogP contribution is 2.33. The molecule has 4 aliphatic rings. The zero-order chi connectivity index (χ0) is 13.5. The molecular formula is C16H26N2O. The molecule has 0 aliphatic carbocycles. The summed E-state index contributed by atoms with van der Waals surface area (Å²) in [5.41, 5.74) is 3.25. The molecule has 0 amide bonds. The first kappa shape index (κ1) is 13.4. The van der Waals surface area contributed by atoms with Gasteiger partial charge >= 0.3 is 0 Å². The van der Waals surface area contributed by atoms with Crippen molar-refractivity contribution >= 4 is 0 Å². The molecule has 0 radical (unpaired) electrons. The number of piperidine rings is 2. The van der Waals surface area contributed by atoms with Gasteiger partial charge < -0.3 is 10.1 Å². The Kier molecular flexibility index (Phi) is 3.57. The molecule has 106 valence electrons. The lowest BCUT2D eigenvalue weighted by Gasteiger charge is -2.49. The predicted molar refractivity (Wildman–Crippen MR) is 77.1 cm³/mol. The van der Waals surface area contributed by atoms with Gasteiger partial charge in [0.2, 0.25) is 0 Å². The van der Waals surface area contributed by atoms with Gasteiger partial charge in [-0.2, -0.15) is 0 Å². The maximum absolute atomic E-state index is 5.73. The van der Waals surface area contributed by atoms with Gasteiger partial charge in [0.05, 0.1) is 12.2 Å². The monoisotopic (exact) mass is 262 g/mol. The Bertz CT molecular complexity index is 370. The highest BCUT2D eigenvalue weighted by Gasteiger charge is 2.40. The molecule has 4 rings (SSSR count). The van der Waals surface area contributed by atoms with Gasteiger partial charge in [-0.3, -0.25) is 4.90 Å². The highest BCUT2D eigenvalue weighted by molar-refractivity contribution is 5.00. The molecule has 4 saturated heterocycles. The smallest absolute Gasteiger partial charge is 0.0731 e. The maximum Gasteiger partial charge on any atom is 0.0731 e. The second-order valence-electron chi connectivity index (χ2n) is 7.10. The Morgan fingerprint density at radius 2 is 2.11 bits per heavy atom. The molecule has 4 atom stereocenters. The molecule has 1 N–H and O–H groups in total. The molecule has 19 heavy (non-hydrogen) atoms. The molecule has 0 aromatic rings. The Morgan fingerprint density at radius 3 is 2.74 bits per heavy atom. The first-order valence-corrected chi connectivity index (χ1v) is 7.54. The summed E-state index contributed by atoms with van der Waals surface area (Å²) < 4.78 is 5.73. The molecule has 0 spiro atoms. The van der Waals surface area contributed by atoms with Gasteiger partial charge in [-0.15, -0.1) is 5.73 Å². The molecular weight excluding hydrogens is 236 g/mol. The van der Waals surface area contributed by atoms with Crippen LogP contribution in [0.5, 0.6) is 0 Å². The lowest BCUT2D eigenvalue weighted by Crippen LogP contribution is -2.59. The highest BCUT2D eigenvalue weighted by atomic mass is 16.5. The first-order valence-electron chi connectivity index (χ1n) is 7.54. The Morgan fingerprint density at radius 1 is 1.42 bits per heavy atom. The summed E-state index contributed by atoms with van der Waals surface area (Å²) in [6.45, 7) is 12.9. The van der Waals surface area contributed by atoms with Crippen molar-refractivity contribution in [3.8, 4) is 0 Å². The summed E-state index contributed by atoms with van der Waals surface area (Å²) in [5.74, 6) is 1.28. The number of morpholine rings is 1. The summed E-state index contributed by atoms with van der Waals surface area (Å²) in [5, 5.41) is 3.64. The van der Waals surface area contributed by atoms with Gasteiger partial charge in [0.1, 0.15) is 0 Å². The van der Waals surface area contributed by atoms with Crippen molar-refractivity contribution in [1.82, 2.24) is 10.2 Å². The van der Waals surface area contributed by atoms with E-state index < -0.39 is 0 Å². The van der Waals surface area contributed by atoms with Crippen molar-refractivity contribution in [2.24, 2.45) is 11.8 Å². The molecule has 3 heteroatoms. The van der Waals surface area contributed by atoms with Crippen LogP contribution in [0.15, 0.2) is 18.4 Å². The molecule has 4 unspecified atom stereocenters. The molecule has 0 aromatic carbocycles. The average Bonchev–Trinajstić information content (AvgIpc) is 2.31. The Hall–Kier alpha value is -0.600. The summed E-state index contributed by atoms with van der Waals surface area (Å²) in [4.78, 5) is 2.61. The van der Waals surface area contributed by atoms with E-state index in [-0.39, 0.29) is 5.54 Å². The molecule has 4 heterocycles. The van der Waals surface area contributed by atoms with E-state index in [4.69, 9.17) is 4.74 Å². The molecule has 4 fully saturated rings. The molecule has 2 bridgehead atoms. The fourth-order valence-corrected chi connectivity index (χ4v) is 3.91. The minimum Gasteiger partial charge on any atom is -0.372 e. The second kappa shape index (κ2) is 5.06.